The minimum Gasteiger partial charge on any atom is -0.378 e. The molecule has 0 fully saturated rings. The zero-order valence-electron chi connectivity index (χ0n) is 12.3. The molecule has 3 nitrogen and oxygen atoms in total. The van der Waals surface area contributed by atoms with Gasteiger partial charge in [0.2, 0.25) is 0 Å². The second-order valence-electron chi connectivity index (χ2n) is 5.23. The summed E-state index contributed by atoms with van der Waals surface area (Å²) in [6, 6.07) is 18.7. The van der Waals surface area contributed by atoms with Crippen molar-refractivity contribution in [2.75, 3.05) is 5.32 Å². The molecule has 1 heterocycles. The Balaban J connectivity index is 1.79. The SMILES string of the molecule is Cc1ccccc1NC(C)c1cnn(-c2ccccc2)c1. The largest absolute Gasteiger partial charge is 0.378 e. The van der Waals surface area contributed by atoms with Crippen LogP contribution in [0.25, 0.3) is 5.69 Å². The molecule has 0 aliphatic carbocycles. The lowest BCUT2D eigenvalue weighted by molar-refractivity contribution is 0.867. The van der Waals surface area contributed by atoms with Crippen LogP contribution in [0.2, 0.25) is 0 Å². The summed E-state index contributed by atoms with van der Waals surface area (Å²) in [5.74, 6) is 0. The van der Waals surface area contributed by atoms with Gasteiger partial charge in [0.05, 0.1) is 17.9 Å². The maximum atomic E-state index is 4.45. The van der Waals surface area contributed by atoms with Gasteiger partial charge < -0.3 is 5.32 Å². The van der Waals surface area contributed by atoms with Gasteiger partial charge in [0.25, 0.3) is 0 Å². The first-order valence-corrected chi connectivity index (χ1v) is 7.16. The minimum atomic E-state index is 0.212. The van der Waals surface area contributed by atoms with Crippen molar-refractivity contribution in [2.24, 2.45) is 0 Å². The molecule has 0 aliphatic heterocycles. The van der Waals surface area contributed by atoms with Gasteiger partial charge in [-0.1, -0.05) is 36.4 Å². The second-order valence-corrected chi connectivity index (χ2v) is 5.23. The van der Waals surface area contributed by atoms with E-state index < -0.39 is 0 Å². The van der Waals surface area contributed by atoms with Gasteiger partial charge in [0, 0.05) is 17.4 Å². The molecule has 1 unspecified atom stereocenters. The Bertz CT molecular complexity index is 716. The number of aryl methyl sites for hydroxylation is 1. The number of anilines is 1. The second kappa shape index (κ2) is 5.83. The number of aromatic nitrogens is 2. The number of benzene rings is 2. The first kappa shape index (κ1) is 13.4. The normalized spacial score (nSPS) is 12.1. The van der Waals surface area contributed by atoms with Gasteiger partial charge in [-0.25, -0.2) is 4.68 Å². The third kappa shape index (κ3) is 2.97. The summed E-state index contributed by atoms with van der Waals surface area (Å²) >= 11 is 0. The van der Waals surface area contributed by atoms with Crippen LogP contribution in [-0.2, 0) is 0 Å². The number of hydrogen-bond acceptors (Lipinski definition) is 2. The van der Waals surface area contributed by atoms with Crippen LogP contribution >= 0.6 is 0 Å². The van der Waals surface area contributed by atoms with E-state index in [0.29, 0.717) is 0 Å². The number of nitrogens with zero attached hydrogens (tertiary/aromatic N) is 2. The van der Waals surface area contributed by atoms with E-state index in [-0.39, 0.29) is 6.04 Å². The van der Waals surface area contributed by atoms with Crippen molar-refractivity contribution >= 4 is 5.69 Å². The van der Waals surface area contributed by atoms with Crippen molar-refractivity contribution in [2.45, 2.75) is 19.9 Å². The molecule has 0 saturated carbocycles. The maximum Gasteiger partial charge on any atom is 0.0645 e. The molecule has 0 bridgehead atoms. The van der Waals surface area contributed by atoms with Crippen LogP contribution in [0.3, 0.4) is 0 Å². The molecule has 0 saturated heterocycles. The Morgan fingerprint density at radius 3 is 2.48 bits per heavy atom. The highest BCUT2D eigenvalue weighted by Crippen LogP contribution is 2.22. The van der Waals surface area contributed by atoms with E-state index in [1.807, 2.05) is 29.1 Å². The van der Waals surface area contributed by atoms with Crippen LogP contribution in [-0.4, -0.2) is 9.78 Å². The summed E-state index contributed by atoms with van der Waals surface area (Å²) in [5.41, 5.74) is 4.66. The lowest BCUT2D eigenvalue weighted by Gasteiger charge is -2.15. The molecule has 0 amide bonds. The smallest absolute Gasteiger partial charge is 0.0645 e. The van der Waals surface area contributed by atoms with Gasteiger partial charge in [-0.3, -0.25) is 0 Å². The Morgan fingerprint density at radius 2 is 1.71 bits per heavy atom. The molecule has 2 aromatic carbocycles. The van der Waals surface area contributed by atoms with Gasteiger partial charge >= 0.3 is 0 Å². The molecule has 0 radical (unpaired) electrons. The standard InChI is InChI=1S/C18H19N3/c1-14-8-6-7-11-18(14)20-15(2)16-12-19-21(13-16)17-9-4-3-5-10-17/h3-13,15,20H,1-2H3. The van der Waals surface area contributed by atoms with Gasteiger partial charge in [-0.15, -0.1) is 0 Å². The van der Waals surface area contributed by atoms with E-state index >= 15 is 0 Å². The predicted octanol–water partition coefficient (Wildman–Crippen LogP) is 4.35. The quantitative estimate of drug-likeness (QED) is 0.768. The molecule has 3 rings (SSSR count). The number of hydrogen-bond donors (Lipinski definition) is 1. The molecule has 1 aromatic heterocycles. The third-order valence-electron chi connectivity index (χ3n) is 3.64. The van der Waals surface area contributed by atoms with E-state index in [9.17, 15) is 0 Å². The number of para-hydroxylation sites is 2. The lowest BCUT2D eigenvalue weighted by atomic mass is 10.1. The highest BCUT2D eigenvalue weighted by atomic mass is 15.3. The Kier molecular flexibility index (Phi) is 3.73. The first-order valence-electron chi connectivity index (χ1n) is 7.16. The van der Waals surface area contributed by atoms with E-state index in [4.69, 9.17) is 0 Å². The van der Waals surface area contributed by atoms with Crippen molar-refractivity contribution in [3.05, 3.63) is 78.1 Å². The van der Waals surface area contributed by atoms with Crippen LogP contribution in [0.5, 0.6) is 0 Å². The summed E-state index contributed by atoms with van der Waals surface area (Å²) in [4.78, 5) is 0. The molecule has 0 spiro atoms. The molecule has 1 atom stereocenters. The molecule has 106 valence electrons. The van der Waals surface area contributed by atoms with Crippen LogP contribution in [0.1, 0.15) is 24.1 Å². The number of rotatable bonds is 4. The summed E-state index contributed by atoms with van der Waals surface area (Å²) in [7, 11) is 0. The zero-order valence-corrected chi connectivity index (χ0v) is 12.3. The fraction of sp³-hybridized carbons (Fsp3) is 0.167. The Labute approximate surface area is 125 Å². The van der Waals surface area contributed by atoms with Crippen LogP contribution in [0.15, 0.2) is 67.0 Å². The lowest BCUT2D eigenvalue weighted by Crippen LogP contribution is -2.06. The average Bonchev–Trinajstić information content (AvgIpc) is 3.00. The molecular weight excluding hydrogens is 258 g/mol. The monoisotopic (exact) mass is 277 g/mol. The van der Waals surface area contributed by atoms with E-state index in [1.165, 1.54) is 11.1 Å². The van der Waals surface area contributed by atoms with Gasteiger partial charge in [0.1, 0.15) is 0 Å². The topological polar surface area (TPSA) is 29.9 Å². The van der Waals surface area contributed by atoms with Crippen LogP contribution in [0.4, 0.5) is 5.69 Å². The van der Waals surface area contributed by atoms with Gasteiger partial charge in [0.15, 0.2) is 0 Å². The maximum absolute atomic E-state index is 4.45. The highest BCUT2D eigenvalue weighted by molar-refractivity contribution is 5.51. The average molecular weight is 277 g/mol. The Hall–Kier alpha value is -2.55. The molecule has 21 heavy (non-hydrogen) atoms. The molecule has 3 aromatic rings. The van der Waals surface area contributed by atoms with Gasteiger partial charge in [-0.2, -0.15) is 5.10 Å². The fourth-order valence-corrected chi connectivity index (χ4v) is 2.33. The van der Waals surface area contributed by atoms with Crippen molar-refractivity contribution in [1.82, 2.24) is 9.78 Å². The Morgan fingerprint density at radius 1 is 1.00 bits per heavy atom. The summed E-state index contributed by atoms with van der Waals surface area (Å²) in [5, 5.41) is 7.99. The van der Waals surface area contributed by atoms with Crippen LogP contribution < -0.4 is 5.32 Å². The predicted molar refractivity (Wildman–Crippen MR) is 86.8 cm³/mol. The first-order chi connectivity index (χ1) is 10.2. The molecular formula is C18H19N3. The van der Waals surface area contributed by atoms with E-state index in [0.717, 1.165) is 11.4 Å². The third-order valence-corrected chi connectivity index (χ3v) is 3.64. The van der Waals surface area contributed by atoms with Crippen molar-refractivity contribution in [1.29, 1.82) is 0 Å². The van der Waals surface area contributed by atoms with E-state index in [1.54, 1.807) is 0 Å². The summed E-state index contributed by atoms with van der Waals surface area (Å²) < 4.78 is 1.91. The summed E-state index contributed by atoms with van der Waals surface area (Å²) in [6.07, 6.45) is 3.99. The molecule has 0 aliphatic rings. The highest BCUT2D eigenvalue weighted by Gasteiger charge is 2.09. The minimum absolute atomic E-state index is 0.212. The fourth-order valence-electron chi connectivity index (χ4n) is 2.33. The molecule has 3 heteroatoms. The number of nitrogens with one attached hydrogen (secondary N) is 1. The van der Waals surface area contributed by atoms with Gasteiger partial charge in [-0.05, 0) is 37.6 Å². The van der Waals surface area contributed by atoms with Crippen molar-refractivity contribution in [3.8, 4) is 5.69 Å². The summed E-state index contributed by atoms with van der Waals surface area (Å²) in [6.45, 7) is 4.27. The van der Waals surface area contributed by atoms with Crippen molar-refractivity contribution < 1.29 is 0 Å². The van der Waals surface area contributed by atoms with Crippen LogP contribution in [0, 0.1) is 6.92 Å². The van der Waals surface area contributed by atoms with Crippen molar-refractivity contribution in [3.63, 3.8) is 0 Å². The van der Waals surface area contributed by atoms with E-state index in [2.05, 4.69) is 66.9 Å². The zero-order chi connectivity index (χ0) is 14.7. The molecule has 1 N–H and O–H groups in total.